The van der Waals surface area contributed by atoms with Crippen LogP contribution in [0.5, 0.6) is 5.75 Å². The van der Waals surface area contributed by atoms with Crippen molar-refractivity contribution in [1.29, 1.82) is 0 Å². The van der Waals surface area contributed by atoms with Crippen molar-refractivity contribution in [2.45, 2.75) is 64.5 Å². The van der Waals surface area contributed by atoms with Crippen molar-refractivity contribution in [2.75, 3.05) is 17.0 Å². The molecule has 2 aliphatic rings. The van der Waals surface area contributed by atoms with Crippen molar-refractivity contribution < 1.29 is 17.9 Å². The zero-order valence-electron chi connectivity index (χ0n) is 16.2. The van der Waals surface area contributed by atoms with E-state index in [1.165, 1.54) is 12.8 Å². The first kappa shape index (κ1) is 20.0. The molecule has 27 heavy (non-hydrogen) atoms. The van der Waals surface area contributed by atoms with E-state index in [9.17, 15) is 13.2 Å². The molecule has 0 bridgehead atoms. The third kappa shape index (κ3) is 5.37. The van der Waals surface area contributed by atoms with Gasteiger partial charge in [-0.15, -0.1) is 0 Å². The Labute approximate surface area is 162 Å². The highest BCUT2D eigenvalue weighted by molar-refractivity contribution is 7.93. The number of amides is 1. The number of likely N-dealkylation sites (tertiary alicyclic amines) is 1. The van der Waals surface area contributed by atoms with Gasteiger partial charge in [-0.3, -0.25) is 9.52 Å². The molecule has 150 valence electrons. The minimum absolute atomic E-state index is 0.0541. The van der Waals surface area contributed by atoms with E-state index < -0.39 is 15.8 Å². The molecule has 6 nitrogen and oxygen atoms in total. The molecule has 1 unspecified atom stereocenters. The number of ether oxygens (including phenoxy) is 1. The zero-order valence-corrected chi connectivity index (χ0v) is 17.0. The van der Waals surface area contributed by atoms with Crippen LogP contribution < -0.4 is 9.46 Å². The smallest absolute Gasteiger partial charge is 0.241 e. The standard InChI is InChI=1S/C20H30N2O4S/c1-15(2)26-18-11-9-17(10-12-18)21-27(24,25)14-20(23)22-13-5-8-19(22)16-6-3-4-7-16/h9-12,15-16,19,21H,3-8,13-14H2,1-2H3. The second-order valence-electron chi connectivity index (χ2n) is 7.89. The average Bonchev–Trinajstić information content (AvgIpc) is 3.26. The first-order valence-corrected chi connectivity index (χ1v) is 11.6. The fourth-order valence-electron chi connectivity index (χ4n) is 4.27. The van der Waals surface area contributed by atoms with Gasteiger partial charge in [0.15, 0.2) is 0 Å². The molecule has 1 aromatic carbocycles. The van der Waals surface area contributed by atoms with E-state index in [2.05, 4.69) is 4.72 Å². The van der Waals surface area contributed by atoms with Crippen LogP contribution in [0.15, 0.2) is 24.3 Å². The van der Waals surface area contributed by atoms with E-state index in [4.69, 9.17) is 4.74 Å². The highest BCUT2D eigenvalue weighted by Gasteiger charge is 2.37. The van der Waals surface area contributed by atoms with Gasteiger partial charge < -0.3 is 9.64 Å². The monoisotopic (exact) mass is 394 g/mol. The maximum Gasteiger partial charge on any atom is 0.241 e. The average molecular weight is 395 g/mol. The molecule has 0 aromatic heterocycles. The lowest BCUT2D eigenvalue weighted by molar-refractivity contribution is -0.130. The fraction of sp³-hybridized carbons (Fsp3) is 0.650. The Kier molecular flexibility index (Phi) is 6.29. The number of nitrogens with one attached hydrogen (secondary N) is 1. The lowest BCUT2D eigenvalue weighted by atomic mass is 9.96. The summed E-state index contributed by atoms with van der Waals surface area (Å²) in [5.41, 5.74) is 0.438. The molecule has 1 aliphatic carbocycles. The molecule has 1 amide bonds. The molecule has 1 N–H and O–H groups in total. The summed E-state index contributed by atoms with van der Waals surface area (Å²) in [7, 11) is -3.74. The van der Waals surface area contributed by atoms with Crippen LogP contribution in [-0.2, 0) is 14.8 Å². The molecule has 1 aliphatic heterocycles. The highest BCUT2D eigenvalue weighted by atomic mass is 32.2. The Morgan fingerprint density at radius 3 is 2.44 bits per heavy atom. The number of carbonyl (C=O) groups is 1. The summed E-state index contributed by atoms with van der Waals surface area (Å²) in [6.45, 7) is 4.54. The van der Waals surface area contributed by atoms with Crippen molar-refractivity contribution >= 4 is 21.6 Å². The Hall–Kier alpha value is -1.76. The van der Waals surface area contributed by atoms with Crippen LogP contribution in [0, 0.1) is 5.92 Å². The number of nitrogens with zero attached hydrogens (tertiary/aromatic N) is 1. The SMILES string of the molecule is CC(C)Oc1ccc(NS(=O)(=O)CC(=O)N2CCCC2C2CCCC2)cc1. The van der Waals surface area contributed by atoms with Gasteiger partial charge in [0.2, 0.25) is 15.9 Å². The van der Waals surface area contributed by atoms with Crippen LogP contribution in [0.25, 0.3) is 0 Å². The lowest BCUT2D eigenvalue weighted by Gasteiger charge is -2.29. The topological polar surface area (TPSA) is 75.7 Å². The number of benzene rings is 1. The van der Waals surface area contributed by atoms with Crippen molar-refractivity contribution in [3.05, 3.63) is 24.3 Å². The summed E-state index contributed by atoms with van der Waals surface area (Å²) in [4.78, 5) is 14.5. The molecule has 3 rings (SSSR count). The zero-order chi connectivity index (χ0) is 19.4. The molecule has 1 aromatic rings. The van der Waals surface area contributed by atoms with Gasteiger partial charge in [0.25, 0.3) is 0 Å². The van der Waals surface area contributed by atoms with Gasteiger partial charge in [0.05, 0.1) is 6.10 Å². The van der Waals surface area contributed by atoms with E-state index in [1.807, 2.05) is 18.7 Å². The van der Waals surface area contributed by atoms with Gasteiger partial charge in [-0.1, -0.05) is 12.8 Å². The fourth-order valence-corrected chi connectivity index (χ4v) is 5.33. The quantitative estimate of drug-likeness (QED) is 0.769. The first-order chi connectivity index (χ1) is 12.8. The first-order valence-electron chi connectivity index (χ1n) is 9.91. The summed E-state index contributed by atoms with van der Waals surface area (Å²) in [5, 5.41) is 0. The number of anilines is 1. The Morgan fingerprint density at radius 1 is 1.15 bits per heavy atom. The van der Waals surface area contributed by atoms with Gasteiger partial charge in [0.1, 0.15) is 11.5 Å². The third-order valence-corrected chi connectivity index (χ3v) is 6.55. The van der Waals surface area contributed by atoms with Crippen LogP contribution in [0.4, 0.5) is 5.69 Å². The van der Waals surface area contributed by atoms with Crippen LogP contribution >= 0.6 is 0 Å². The summed E-state index contributed by atoms with van der Waals surface area (Å²) in [6.07, 6.45) is 6.78. The minimum Gasteiger partial charge on any atom is -0.491 e. The number of rotatable bonds is 7. The Bertz CT molecular complexity index is 740. The Balaban J connectivity index is 1.59. The molecule has 1 heterocycles. The van der Waals surface area contributed by atoms with E-state index in [1.54, 1.807) is 24.3 Å². The molecule has 1 saturated carbocycles. The predicted molar refractivity (Wildman–Crippen MR) is 106 cm³/mol. The second kappa shape index (κ2) is 8.50. The second-order valence-corrected chi connectivity index (χ2v) is 9.62. The molecule has 2 fully saturated rings. The van der Waals surface area contributed by atoms with E-state index >= 15 is 0 Å². The van der Waals surface area contributed by atoms with Crippen molar-refractivity contribution in [2.24, 2.45) is 5.92 Å². The minimum atomic E-state index is -3.74. The van der Waals surface area contributed by atoms with Crippen molar-refractivity contribution in [1.82, 2.24) is 4.90 Å². The van der Waals surface area contributed by atoms with Crippen LogP contribution in [0.3, 0.4) is 0 Å². The van der Waals surface area contributed by atoms with Crippen LogP contribution in [0.1, 0.15) is 52.4 Å². The molecule has 7 heteroatoms. The molecular weight excluding hydrogens is 364 g/mol. The summed E-state index contributed by atoms with van der Waals surface area (Å²) < 4.78 is 33.0. The largest absolute Gasteiger partial charge is 0.491 e. The molecule has 1 saturated heterocycles. The van der Waals surface area contributed by atoms with Gasteiger partial charge >= 0.3 is 0 Å². The summed E-state index contributed by atoms with van der Waals surface area (Å²) in [5.74, 6) is 0.443. The number of carbonyl (C=O) groups excluding carboxylic acids is 1. The van der Waals surface area contributed by atoms with Gasteiger partial charge in [0, 0.05) is 18.3 Å². The van der Waals surface area contributed by atoms with Gasteiger partial charge in [-0.2, -0.15) is 0 Å². The maximum absolute atomic E-state index is 12.7. The van der Waals surface area contributed by atoms with Crippen LogP contribution in [0.2, 0.25) is 0 Å². The van der Waals surface area contributed by atoms with E-state index in [0.29, 0.717) is 23.9 Å². The molecule has 0 spiro atoms. The van der Waals surface area contributed by atoms with Crippen molar-refractivity contribution in [3.8, 4) is 5.75 Å². The highest BCUT2D eigenvalue weighted by Crippen LogP contribution is 2.35. The molecule has 1 atom stereocenters. The maximum atomic E-state index is 12.7. The Morgan fingerprint density at radius 2 is 1.81 bits per heavy atom. The summed E-state index contributed by atoms with van der Waals surface area (Å²) in [6, 6.07) is 6.96. The number of hydrogen-bond donors (Lipinski definition) is 1. The van der Waals surface area contributed by atoms with Crippen molar-refractivity contribution in [3.63, 3.8) is 0 Å². The predicted octanol–water partition coefficient (Wildman–Crippen LogP) is 3.40. The third-order valence-electron chi connectivity index (χ3n) is 5.38. The lowest BCUT2D eigenvalue weighted by Crippen LogP contribution is -2.43. The molecular formula is C20H30N2O4S. The van der Waals surface area contributed by atoms with Crippen LogP contribution in [-0.4, -0.2) is 43.7 Å². The number of hydrogen-bond acceptors (Lipinski definition) is 4. The van der Waals surface area contributed by atoms with Gasteiger partial charge in [-0.25, -0.2) is 8.42 Å². The van der Waals surface area contributed by atoms with Gasteiger partial charge in [-0.05, 0) is 69.7 Å². The number of sulfonamides is 1. The van der Waals surface area contributed by atoms with E-state index in [0.717, 1.165) is 25.7 Å². The van der Waals surface area contributed by atoms with E-state index in [-0.39, 0.29) is 18.1 Å². The normalized spacial score (nSPS) is 21.0. The molecule has 0 radical (unpaired) electrons. The summed E-state index contributed by atoms with van der Waals surface area (Å²) >= 11 is 0.